The minimum atomic E-state index is 0.0531. The molecule has 1 aliphatic rings. The molecule has 0 saturated carbocycles. The summed E-state index contributed by atoms with van der Waals surface area (Å²) in [5.74, 6) is 0. The first kappa shape index (κ1) is 15.7. The number of nitrogens with one attached hydrogen (secondary N) is 2. The lowest BCUT2D eigenvalue weighted by Gasteiger charge is -2.36. The van der Waals surface area contributed by atoms with Crippen molar-refractivity contribution in [3.05, 3.63) is 59.7 Å². The minimum absolute atomic E-state index is 0.0531. The van der Waals surface area contributed by atoms with E-state index in [1.54, 1.807) is 0 Å². The molecule has 2 aromatic carbocycles. The SMILES string of the molecule is CCC1=CC(C)(CC)Nc2c(C)cc(Nc3ccccc3)cc21. The van der Waals surface area contributed by atoms with Gasteiger partial charge in [0.15, 0.2) is 0 Å². The fraction of sp³-hybridized carbons (Fsp3) is 0.333. The van der Waals surface area contributed by atoms with Gasteiger partial charge in [-0.2, -0.15) is 0 Å². The van der Waals surface area contributed by atoms with Gasteiger partial charge >= 0.3 is 0 Å². The van der Waals surface area contributed by atoms with Crippen LogP contribution >= 0.6 is 0 Å². The smallest absolute Gasteiger partial charge is 0.0531 e. The van der Waals surface area contributed by atoms with Crippen LogP contribution in [0.1, 0.15) is 44.7 Å². The molecule has 0 aliphatic carbocycles. The first-order valence-electron chi connectivity index (χ1n) is 8.51. The number of aryl methyl sites for hydroxylation is 1. The number of allylic oxidation sites excluding steroid dienone is 1. The summed E-state index contributed by atoms with van der Waals surface area (Å²) in [5, 5.41) is 7.26. The molecule has 0 bridgehead atoms. The molecule has 1 heterocycles. The number of para-hydroxylation sites is 1. The summed E-state index contributed by atoms with van der Waals surface area (Å²) in [4.78, 5) is 0. The molecule has 3 rings (SSSR count). The van der Waals surface area contributed by atoms with E-state index in [2.05, 4.69) is 80.8 Å². The Hall–Kier alpha value is -2.22. The van der Waals surface area contributed by atoms with Gasteiger partial charge in [-0.05, 0) is 62.1 Å². The predicted octanol–water partition coefficient (Wildman–Crippen LogP) is 6.13. The lowest BCUT2D eigenvalue weighted by Crippen LogP contribution is -2.35. The van der Waals surface area contributed by atoms with Gasteiger partial charge in [-0.1, -0.05) is 38.1 Å². The first-order chi connectivity index (χ1) is 11.0. The maximum absolute atomic E-state index is 3.74. The van der Waals surface area contributed by atoms with E-state index in [9.17, 15) is 0 Å². The normalized spacial score (nSPS) is 19.6. The molecule has 23 heavy (non-hydrogen) atoms. The maximum Gasteiger partial charge on any atom is 0.0531 e. The van der Waals surface area contributed by atoms with Crippen molar-refractivity contribution in [1.29, 1.82) is 0 Å². The molecular weight excluding hydrogens is 280 g/mol. The van der Waals surface area contributed by atoms with Crippen LogP contribution in [0.15, 0.2) is 48.5 Å². The molecule has 0 saturated heterocycles. The van der Waals surface area contributed by atoms with E-state index >= 15 is 0 Å². The average molecular weight is 306 g/mol. The van der Waals surface area contributed by atoms with Crippen LogP contribution in [0.25, 0.3) is 5.57 Å². The van der Waals surface area contributed by atoms with Crippen molar-refractivity contribution in [3.8, 4) is 0 Å². The minimum Gasteiger partial charge on any atom is -0.376 e. The molecule has 0 radical (unpaired) electrons. The second kappa shape index (κ2) is 6.11. The topological polar surface area (TPSA) is 24.1 Å². The summed E-state index contributed by atoms with van der Waals surface area (Å²) >= 11 is 0. The molecule has 2 nitrogen and oxygen atoms in total. The highest BCUT2D eigenvalue weighted by molar-refractivity contribution is 5.85. The molecule has 1 aliphatic heterocycles. The van der Waals surface area contributed by atoms with Gasteiger partial charge in [-0.25, -0.2) is 0 Å². The van der Waals surface area contributed by atoms with Crippen LogP contribution in [0.5, 0.6) is 0 Å². The largest absolute Gasteiger partial charge is 0.376 e. The van der Waals surface area contributed by atoms with Gasteiger partial charge in [-0.3, -0.25) is 0 Å². The lowest BCUT2D eigenvalue weighted by molar-refractivity contribution is 0.607. The fourth-order valence-electron chi connectivity index (χ4n) is 3.23. The van der Waals surface area contributed by atoms with Crippen LogP contribution in [-0.4, -0.2) is 5.54 Å². The predicted molar refractivity (Wildman–Crippen MR) is 101 cm³/mol. The van der Waals surface area contributed by atoms with Crippen molar-refractivity contribution in [1.82, 2.24) is 0 Å². The summed E-state index contributed by atoms with van der Waals surface area (Å²) in [7, 11) is 0. The average Bonchev–Trinajstić information content (AvgIpc) is 2.56. The Labute approximate surface area is 139 Å². The molecule has 0 aromatic heterocycles. The number of hydrogen-bond donors (Lipinski definition) is 2. The lowest BCUT2D eigenvalue weighted by atomic mass is 9.85. The molecule has 0 spiro atoms. The zero-order valence-electron chi connectivity index (χ0n) is 14.5. The summed E-state index contributed by atoms with van der Waals surface area (Å²) in [5.41, 5.74) is 7.66. The molecule has 0 fully saturated rings. The quantitative estimate of drug-likeness (QED) is 0.710. The Kier molecular flexibility index (Phi) is 4.16. The number of rotatable bonds is 4. The van der Waals surface area contributed by atoms with Crippen molar-refractivity contribution in [3.63, 3.8) is 0 Å². The van der Waals surface area contributed by atoms with Crippen LogP contribution in [-0.2, 0) is 0 Å². The van der Waals surface area contributed by atoms with E-state index in [0.717, 1.165) is 24.2 Å². The first-order valence-corrected chi connectivity index (χ1v) is 8.51. The van der Waals surface area contributed by atoms with Crippen LogP contribution < -0.4 is 10.6 Å². The number of fused-ring (bicyclic) bond motifs is 1. The van der Waals surface area contributed by atoms with Crippen molar-refractivity contribution in [2.24, 2.45) is 0 Å². The monoisotopic (exact) mass is 306 g/mol. The molecular formula is C21H26N2. The van der Waals surface area contributed by atoms with Crippen LogP contribution in [0, 0.1) is 6.92 Å². The van der Waals surface area contributed by atoms with Gasteiger partial charge in [0.05, 0.1) is 5.54 Å². The van der Waals surface area contributed by atoms with E-state index < -0.39 is 0 Å². The summed E-state index contributed by atoms with van der Waals surface area (Å²) in [6, 6.07) is 14.8. The highest BCUT2D eigenvalue weighted by Crippen LogP contribution is 2.40. The van der Waals surface area contributed by atoms with E-state index in [4.69, 9.17) is 0 Å². The Balaban J connectivity index is 2.02. The van der Waals surface area contributed by atoms with Crippen molar-refractivity contribution in [2.45, 2.75) is 46.1 Å². The zero-order valence-corrected chi connectivity index (χ0v) is 14.5. The van der Waals surface area contributed by atoms with Crippen molar-refractivity contribution >= 4 is 22.6 Å². The Morgan fingerprint density at radius 1 is 1.04 bits per heavy atom. The summed E-state index contributed by atoms with van der Waals surface area (Å²) in [6.07, 6.45) is 4.54. The van der Waals surface area contributed by atoms with E-state index in [1.165, 1.54) is 22.4 Å². The highest BCUT2D eigenvalue weighted by atomic mass is 15.0. The molecule has 1 unspecified atom stereocenters. The molecule has 2 N–H and O–H groups in total. The van der Waals surface area contributed by atoms with Crippen molar-refractivity contribution < 1.29 is 0 Å². The van der Waals surface area contributed by atoms with Gasteiger partial charge in [0.1, 0.15) is 0 Å². The van der Waals surface area contributed by atoms with E-state index in [-0.39, 0.29) is 5.54 Å². The Morgan fingerprint density at radius 3 is 2.43 bits per heavy atom. The van der Waals surface area contributed by atoms with Gasteiger partial charge in [-0.15, -0.1) is 0 Å². The molecule has 2 aromatic rings. The van der Waals surface area contributed by atoms with Crippen LogP contribution in [0.2, 0.25) is 0 Å². The Morgan fingerprint density at radius 2 is 1.78 bits per heavy atom. The van der Waals surface area contributed by atoms with Gasteiger partial charge in [0.25, 0.3) is 0 Å². The number of hydrogen-bond acceptors (Lipinski definition) is 2. The van der Waals surface area contributed by atoms with Gasteiger partial charge in [0, 0.05) is 22.6 Å². The third-order valence-electron chi connectivity index (χ3n) is 4.76. The molecule has 0 amide bonds. The molecule has 120 valence electrons. The standard InChI is InChI=1S/C21H26N2/c1-5-16-14-21(4,6-2)23-20-15(3)12-18(13-19(16)20)22-17-10-8-7-9-11-17/h7-14,22-23H,5-6H2,1-4H3. The number of benzene rings is 2. The Bertz CT molecular complexity index is 731. The maximum atomic E-state index is 3.74. The molecule has 1 atom stereocenters. The van der Waals surface area contributed by atoms with E-state index in [0.29, 0.717) is 0 Å². The number of anilines is 3. The zero-order chi connectivity index (χ0) is 16.4. The van der Waals surface area contributed by atoms with Crippen LogP contribution in [0.3, 0.4) is 0 Å². The summed E-state index contributed by atoms with van der Waals surface area (Å²) in [6.45, 7) is 8.95. The second-order valence-electron chi connectivity index (χ2n) is 6.63. The summed E-state index contributed by atoms with van der Waals surface area (Å²) < 4.78 is 0. The van der Waals surface area contributed by atoms with E-state index in [1.807, 2.05) is 6.07 Å². The fourth-order valence-corrected chi connectivity index (χ4v) is 3.23. The van der Waals surface area contributed by atoms with Crippen LogP contribution in [0.4, 0.5) is 17.1 Å². The third-order valence-corrected chi connectivity index (χ3v) is 4.76. The van der Waals surface area contributed by atoms with Gasteiger partial charge in [0.2, 0.25) is 0 Å². The second-order valence-corrected chi connectivity index (χ2v) is 6.63. The van der Waals surface area contributed by atoms with Gasteiger partial charge < -0.3 is 10.6 Å². The highest BCUT2D eigenvalue weighted by Gasteiger charge is 2.27. The molecule has 2 heteroatoms. The van der Waals surface area contributed by atoms with Crippen molar-refractivity contribution in [2.75, 3.05) is 10.6 Å². The third kappa shape index (κ3) is 3.12.